The van der Waals surface area contributed by atoms with E-state index >= 15 is 0 Å². The van der Waals surface area contributed by atoms with Crippen molar-refractivity contribution in [1.82, 2.24) is 24.0 Å². The van der Waals surface area contributed by atoms with Crippen molar-refractivity contribution in [3.8, 4) is 0 Å². The molecule has 7 nitrogen and oxygen atoms in total. The SMILES string of the molecule is Cc1nsc(N2CC3CCC(C2)C3c2cc(C)c(C)n3nc(N)nc23)n1. The van der Waals surface area contributed by atoms with Gasteiger partial charge in [-0.05, 0) is 56.9 Å². The molecule has 8 heteroatoms. The summed E-state index contributed by atoms with van der Waals surface area (Å²) in [5.41, 5.74) is 10.5. The number of rotatable bonds is 2. The number of aryl methyl sites for hydroxylation is 3. The lowest BCUT2D eigenvalue weighted by Crippen LogP contribution is -2.41. The maximum atomic E-state index is 5.93. The molecule has 5 rings (SSSR count). The Bertz CT molecular complexity index is 977. The van der Waals surface area contributed by atoms with Crippen LogP contribution in [0.25, 0.3) is 5.65 Å². The molecule has 3 aromatic rings. The van der Waals surface area contributed by atoms with E-state index in [1.54, 1.807) is 0 Å². The predicted octanol–water partition coefficient (Wildman–Crippen LogP) is 2.72. The molecule has 0 aromatic carbocycles. The molecule has 4 heterocycles. The lowest BCUT2D eigenvalue weighted by Gasteiger charge is -2.38. The minimum Gasteiger partial charge on any atom is -0.366 e. The summed E-state index contributed by atoms with van der Waals surface area (Å²) >= 11 is 1.52. The van der Waals surface area contributed by atoms with Crippen molar-refractivity contribution < 1.29 is 0 Å². The predicted molar refractivity (Wildman–Crippen MR) is 103 cm³/mol. The molecule has 0 radical (unpaired) electrons. The average Bonchev–Trinajstić information content (AvgIpc) is 3.27. The van der Waals surface area contributed by atoms with Crippen LogP contribution < -0.4 is 10.6 Å². The van der Waals surface area contributed by atoms with Crippen LogP contribution in [0.3, 0.4) is 0 Å². The van der Waals surface area contributed by atoms with E-state index in [4.69, 9.17) is 5.73 Å². The van der Waals surface area contributed by atoms with Gasteiger partial charge in [0.2, 0.25) is 11.1 Å². The number of piperidine rings is 1. The minimum absolute atomic E-state index is 0.356. The highest BCUT2D eigenvalue weighted by Crippen LogP contribution is 2.50. The molecule has 26 heavy (non-hydrogen) atoms. The summed E-state index contributed by atoms with van der Waals surface area (Å²) in [6, 6.07) is 2.32. The van der Waals surface area contributed by atoms with Crippen molar-refractivity contribution in [2.75, 3.05) is 23.7 Å². The number of aromatic nitrogens is 5. The van der Waals surface area contributed by atoms with E-state index in [-0.39, 0.29) is 0 Å². The third-order valence-corrected chi connectivity index (χ3v) is 6.99. The summed E-state index contributed by atoms with van der Waals surface area (Å²) in [7, 11) is 0. The first-order valence-corrected chi connectivity index (χ1v) is 9.96. The lowest BCUT2D eigenvalue weighted by atomic mass is 9.80. The zero-order chi connectivity index (χ0) is 18.0. The highest BCUT2D eigenvalue weighted by Gasteiger charge is 2.44. The normalized spacial score (nSPS) is 25.3. The number of nitrogen functional groups attached to an aromatic ring is 1. The molecule has 1 saturated heterocycles. The Morgan fingerprint density at radius 1 is 1.12 bits per heavy atom. The maximum Gasteiger partial charge on any atom is 0.240 e. The Hall–Kier alpha value is -2.22. The van der Waals surface area contributed by atoms with Crippen LogP contribution in [-0.4, -0.2) is 37.0 Å². The zero-order valence-electron chi connectivity index (χ0n) is 15.3. The Labute approximate surface area is 156 Å². The van der Waals surface area contributed by atoms with E-state index in [1.807, 2.05) is 11.4 Å². The monoisotopic (exact) mass is 369 g/mol. The Morgan fingerprint density at radius 2 is 1.85 bits per heavy atom. The summed E-state index contributed by atoms with van der Waals surface area (Å²) < 4.78 is 6.29. The second kappa shape index (κ2) is 5.64. The standard InChI is InChI=1S/C18H23N7S/c1-9-6-14(16-21-17(19)22-25(16)10(9)2)15-12-4-5-13(15)8-24(7-12)18-20-11(3)23-26-18/h6,12-13,15H,4-5,7-8H2,1-3H3,(H2,19,22). The van der Waals surface area contributed by atoms with Gasteiger partial charge >= 0.3 is 0 Å². The molecule has 2 fully saturated rings. The molecule has 0 spiro atoms. The summed E-state index contributed by atoms with van der Waals surface area (Å²) in [5, 5.41) is 5.49. The van der Waals surface area contributed by atoms with Crippen LogP contribution >= 0.6 is 11.5 Å². The van der Waals surface area contributed by atoms with E-state index in [9.17, 15) is 0 Å². The molecule has 2 unspecified atom stereocenters. The fourth-order valence-corrected chi connectivity index (χ4v) is 5.56. The van der Waals surface area contributed by atoms with Crippen LogP contribution in [0.4, 0.5) is 11.1 Å². The largest absolute Gasteiger partial charge is 0.366 e. The van der Waals surface area contributed by atoms with Crippen molar-refractivity contribution in [3.05, 3.63) is 28.7 Å². The fraction of sp³-hybridized carbons (Fsp3) is 0.556. The number of hydrogen-bond donors (Lipinski definition) is 1. The van der Waals surface area contributed by atoms with Crippen LogP contribution in [0.1, 0.15) is 41.4 Å². The van der Waals surface area contributed by atoms with Crippen LogP contribution in [0.2, 0.25) is 0 Å². The molecule has 1 aliphatic carbocycles. The summed E-state index contributed by atoms with van der Waals surface area (Å²) in [5.74, 6) is 2.97. The van der Waals surface area contributed by atoms with Crippen molar-refractivity contribution in [3.63, 3.8) is 0 Å². The highest BCUT2D eigenvalue weighted by atomic mass is 32.1. The number of nitrogens with two attached hydrogens (primary N) is 1. The lowest BCUT2D eigenvalue weighted by molar-refractivity contribution is 0.356. The minimum atomic E-state index is 0.356. The Balaban J connectivity index is 1.54. The third kappa shape index (κ3) is 2.31. The van der Waals surface area contributed by atoms with Gasteiger partial charge in [-0.2, -0.15) is 9.36 Å². The van der Waals surface area contributed by atoms with Gasteiger partial charge in [0.25, 0.3) is 0 Å². The van der Waals surface area contributed by atoms with E-state index in [0.29, 0.717) is 23.7 Å². The number of nitrogens with zero attached hydrogens (tertiary/aromatic N) is 6. The first-order valence-electron chi connectivity index (χ1n) is 9.19. The van der Waals surface area contributed by atoms with Crippen LogP contribution in [0.5, 0.6) is 0 Å². The fourth-order valence-electron chi connectivity index (χ4n) is 4.86. The first kappa shape index (κ1) is 16.0. The number of fused-ring (bicyclic) bond motifs is 3. The van der Waals surface area contributed by atoms with E-state index in [1.165, 1.54) is 35.5 Å². The molecule has 3 aromatic heterocycles. The number of pyridine rings is 1. The number of anilines is 2. The molecule has 1 aliphatic heterocycles. The van der Waals surface area contributed by atoms with Crippen LogP contribution in [0.15, 0.2) is 6.07 Å². The second-order valence-corrected chi connectivity index (χ2v) is 8.46. The van der Waals surface area contributed by atoms with Crippen molar-refractivity contribution in [1.29, 1.82) is 0 Å². The molecule has 2 atom stereocenters. The zero-order valence-corrected chi connectivity index (χ0v) is 16.1. The molecule has 2 N–H and O–H groups in total. The highest BCUT2D eigenvalue weighted by molar-refractivity contribution is 7.09. The van der Waals surface area contributed by atoms with E-state index in [0.717, 1.165) is 35.4 Å². The molecule has 136 valence electrons. The first-order chi connectivity index (χ1) is 12.5. The third-order valence-electron chi connectivity index (χ3n) is 6.12. The van der Waals surface area contributed by atoms with E-state index < -0.39 is 0 Å². The molecular formula is C18H23N7S. The van der Waals surface area contributed by atoms with Gasteiger partial charge < -0.3 is 10.6 Å². The van der Waals surface area contributed by atoms with Crippen LogP contribution in [0, 0.1) is 32.6 Å². The van der Waals surface area contributed by atoms with E-state index in [2.05, 4.69) is 44.3 Å². The summed E-state index contributed by atoms with van der Waals surface area (Å²) in [6.45, 7) is 8.27. The van der Waals surface area contributed by atoms with Crippen molar-refractivity contribution in [2.24, 2.45) is 11.8 Å². The van der Waals surface area contributed by atoms with Gasteiger partial charge in [0.1, 0.15) is 5.82 Å². The second-order valence-electron chi connectivity index (χ2n) is 7.73. The number of hydrogen-bond acceptors (Lipinski definition) is 7. The van der Waals surface area contributed by atoms with Gasteiger partial charge in [-0.1, -0.05) is 6.07 Å². The van der Waals surface area contributed by atoms with Gasteiger partial charge in [0.15, 0.2) is 5.65 Å². The van der Waals surface area contributed by atoms with Crippen LogP contribution in [-0.2, 0) is 0 Å². The molecule has 2 bridgehead atoms. The van der Waals surface area contributed by atoms with Gasteiger partial charge in [-0.15, -0.1) is 5.10 Å². The van der Waals surface area contributed by atoms with Crippen molar-refractivity contribution >= 4 is 28.3 Å². The van der Waals surface area contributed by atoms with Gasteiger partial charge in [0.05, 0.1) is 0 Å². The Kier molecular flexibility index (Phi) is 3.47. The average molecular weight is 369 g/mol. The summed E-state index contributed by atoms with van der Waals surface area (Å²) in [6.07, 6.45) is 2.51. The Morgan fingerprint density at radius 3 is 2.50 bits per heavy atom. The molecule has 2 aliphatic rings. The van der Waals surface area contributed by atoms with Crippen molar-refractivity contribution in [2.45, 2.75) is 39.5 Å². The van der Waals surface area contributed by atoms with Gasteiger partial charge in [0, 0.05) is 35.9 Å². The molecule has 1 saturated carbocycles. The smallest absolute Gasteiger partial charge is 0.240 e. The van der Waals surface area contributed by atoms with Gasteiger partial charge in [-0.3, -0.25) is 0 Å². The molecular weight excluding hydrogens is 346 g/mol. The van der Waals surface area contributed by atoms with Gasteiger partial charge in [-0.25, -0.2) is 9.50 Å². The molecule has 0 amide bonds. The summed E-state index contributed by atoms with van der Waals surface area (Å²) in [4.78, 5) is 11.6. The quantitative estimate of drug-likeness (QED) is 0.747. The maximum absolute atomic E-state index is 5.93. The topological polar surface area (TPSA) is 85.2 Å².